The van der Waals surface area contributed by atoms with Crippen molar-refractivity contribution in [1.29, 1.82) is 0 Å². The lowest BCUT2D eigenvalue weighted by Crippen LogP contribution is -2.49. The molecule has 1 aliphatic heterocycles. The van der Waals surface area contributed by atoms with E-state index >= 15 is 0 Å². The first-order valence-corrected chi connectivity index (χ1v) is 8.17. The van der Waals surface area contributed by atoms with Crippen molar-refractivity contribution in [3.8, 4) is 0 Å². The van der Waals surface area contributed by atoms with E-state index in [9.17, 15) is 0 Å². The Morgan fingerprint density at radius 1 is 1.35 bits per heavy atom. The Morgan fingerprint density at radius 2 is 2.05 bits per heavy atom. The molecule has 1 unspecified atom stereocenters. The van der Waals surface area contributed by atoms with Crippen molar-refractivity contribution in [3.63, 3.8) is 0 Å². The molecule has 2 rings (SSSR count). The Kier molecular flexibility index (Phi) is 5.77. The maximum absolute atomic E-state index is 5.79. The highest BCUT2D eigenvalue weighted by Crippen LogP contribution is 2.27. The molecule has 6 heteroatoms. The molecule has 2 N–H and O–H groups in total. The zero-order chi connectivity index (χ0) is 14.5. The highest BCUT2D eigenvalue weighted by atomic mass is 32.1. The molecular weight excluding hydrogens is 272 g/mol. The number of rotatable bonds is 6. The summed E-state index contributed by atoms with van der Waals surface area (Å²) in [5, 5.41) is 1.10. The molecule has 0 aromatic carbocycles. The minimum absolute atomic E-state index is 0.545. The Morgan fingerprint density at radius 3 is 2.60 bits per heavy atom. The number of ether oxygens (including phenoxy) is 1. The van der Waals surface area contributed by atoms with E-state index in [1.165, 1.54) is 6.42 Å². The molecule has 1 saturated heterocycles. The zero-order valence-electron chi connectivity index (χ0n) is 12.8. The summed E-state index contributed by atoms with van der Waals surface area (Å²) in [6.45, 7) is 9.99. The maximum atomic E-state index is 5.79. The molecule has 1 aliphatic rings. The lowest BCUT2D eigenvalue weighted by Gasteiger charge is -2.37. The number of hydrogen-bond acceptors (Lipinski definition) is 6. The molecule has 0 spiro atoms. The second kappa shape index (κ2) is 7.36. The lowest BCUT2D eigenvalue weighted by molar-refractivity contribution is 0.181. The third-order valence-corrected chi connectivity index (χ3v) is 5.21. The van der Waals surface area contributed by atoms with Crippen LogP contribution in [0.25, 0.3) is 0 Å². The van der Waals surface area contributed by atoms with Crippen LogP contribution >= 0.6 is 11.3 Å². The van der Waals surface area contributed by atoms with Crippen LogP contribution in [0.5, 0.6) is 0 Å². The van der Waals surface area contributed by atoms with Gasteiger partial charge in [-0.25, -0.2) is 4.98 Å². The van der Waals surface area contributed by atoms with Crippen LogP contribution in [0.2, 0.25) is 0 Å². The maximum Gasteiger partial charge on any atom is 0.185 e. The van der Waals surface area contributed by atoms with Crippen LogP contribution in [0, 0.1) is 0 Å². The second-order valence-corrected chi connectivity index (χ2v) is 6.35. The minimum atomic E-state index is 0.545. The molecule has 1 atom stereocenters. The molecule has 1 fully saturated rings. The fourth-order valence-corrected chi connectivity index (χ4v) is 3.52. The van der Waals surface area contributed by atoms with Gasteiger partial charge in [0.25, 0.3) is 0 Å². The van der Waals surface area contributed by atoms with Crippen molar-refractivity contribution in [2.24, 2.45) is 5.73 Å². The number of piperazine rings is 1. The zero-order valence-corrected chi connectivity index (χ0v) is 13.6. The van der Waals surface area contributed by atoms with Gasteiger partial charge in [0.15, 0.2) is 5.13 Å². The predicted molar refractivity (Wildman–Crippen MR) is 84.3 cm³/mol. The molecule has 1 aromatic heterocycles. The summed E-state index contributed by atoms with van der Waals surface area (Å²) in [6.07, 6.45) is 1.21. The summed E-state index contributed by atoms with van der Waals surface area (Å²) in [5.41, 5.74) is 6.79. The van der Waals surface area contributed by atoms with Gasteiger partial charge in [-0.05, 0) is 13.3 Å². The van der Waals surface area contributed by atoms with E-state index in [1.807, 2.05) is 0 Å². The van der Waals surface area contributed by atoms with Gasteiger partial charge < -0.3 is 15.4 Å². The average molecular weight is 298 g/mol. The van der Waals surface area contributed by atoms with E-state index < -0.39 is 0 Å². The average Bonchev–Trinajstić information content (AvgIpc) is 2.90. The number of thiazole rings is 1. The molecule has 114 valence electrons. The smallest absolute Gasteiger partial charge is 0.185 e. The third-order valence-electron chi connectivity index (χ3n) is 4.03. The SMILES string of the molecule is CCC(C)N1CCN(c2nc(COC)c(CN)s2)CC1. The van der Waals surface area contributed by atoms with Crippen LogP contribution in [0.4, 0.5) is 5.13 Å². The van der Waals surface area contributed by atoms with E-state index in [0.717, 1.165) is 41.9 Å². The van der Waals surface area contributed by atoms with Gasteiger partial charge in [0.1, 0.15) is 0 Å². The molecular formula is C14H26N4OS. The monoisotopic (exact) mass is 298 g/mol. The summed E-state index contributed by atoms with van der Waals surface area (Å²) in [4.78, 5) is 10.8. The molecule has 2 heterocycles. The third kappa shape index (κ3) is 3.49. The first-order chi connectivity index (χ1) is 9.69. The van der Waals surface area contributed by atoms with Gasteiger partial charge in [-0.15, -0.1) is 11.3 Å². The van der Waals surface area contributed by atoms with Crippen LogP contribution in [0.1, 0.15) is 30.8 Å². The summed E-state index contributed by atoms with van der Waals surface area (Å²) in [5.74, 6) is 0. The number of nitrogens with zero attached hydrogens (tertiary/aromatic N) is 3. The van der Waals surface area contributed by atoms with Gasteiger partial charge in [-0.3, -0.25) is 4.90 Å². The van der Waals surface area contributed by atoms with Crippen LogP contribution in [-0.2, 0) is 17.9 Å². The summed E-state index contributed by atoms with van der Waals surface area (Å²) < 4.78 is 5.20. The van der Waals surface area contributed by atoms with Gasteiger partial charge in [0, 0.05) is 50.8 Å². The van der Waals surface area contributed by atoms with Crippen molar-refractivity contribution in [2.75, 3.05) is 38.2 Å². The Labute approximate surface area is 125 Å². The predicted octanol–water partition coefficient (Wildman–Crippen LogP) is 1.67. The number of aromatic nitrogens is 1. The van der Waals surface area contributed by atoms with Crippen molar-refractivity contribution in [2.45, 2.75) is 39.5 Å². The number of hydrogen-bond donors (Lipinski definition) is 1. The van der Waals surface area contributed by atoms with Gasteiger partial charge in [0.2, 0.25) is 0 Å². The van der Waals surface area contributed by atoms with Crippen molar-refractivity contribution in [3.05, 3.63) is 10.6 Å². The van der Waals surface area contributed by atoms with Crippen molar-refractivity contribution < 1.29 is 4.74 Å². The molecule has 0 bridgehead atoms. The van der Waals surface area contributed by atoms with Crippen molar-refractivity contribution >= 4 is 16.5 Å². The van der Waals surface area contributed by atoms with Crippen LogP contribution in [-0.4, -0.2) is 49.2 Å². The Bertz CT molecular complexity index is 415. The van der Waals surface area contributed by atoms with Gasteiger partial charge in [0.05, 0.1) is 12.3 Å². The van der Waals surface area contributed by atoms with E-state index in [-0.39, 0.29) is 0 Å². The van der Waals surface area contributed by atoms with Gasteiger partial charge >= 0.3 is 0 Å². The van der Waals surface area contributed by atoms with Crippen LogP contribution < -0.4 is 10.6 Å². The Balaban J connectivity index is 1.99. The number of methoxy groups -OCH3 is 1. The largest absolute Gasteiger partial charge is 0.378 e. The standard InChI is InChI=1S/C14H26N4OS/c1-4-11(2)17-5-7-18(8-6-17)14-16-12(10-19-3)13(9-15)20-14/h11H,4-10,15H2,1-3H3. The highest BCUT2D eigenvalue weighted by molar-refractivity contribution is 7.15. The minimum Gasteiger partial charge on any atom is -0.378 e. The molecule has 0 amide bonds. The number of anilines is 1. The topological polar surface area (TPSA) is 54.6 Å². The quantitative estimate of drug-likeness (QED) is 0.866. The first-order valence-electron chi connectivity index (χ1n) is 7.36. The normalized spacial score (nSPS) is 18.5. The fraction of sp³-hybridized carbons (Fsp3) is 0.786. The van der Waals surface area contributed by atoms with Gasteiger partial charge in [-0.2, -0.15) is 0 Å². The van der Waals surface area contributed by atoms with E-state index in [4.69, 9.17) is 15.5 Å². The van der Waals surface area contributed by atoms with E-state index in [0.29, 0.717) is 19.2 Å². The van der Waals surface area contributed by atoms with Gasteiger partial charge in [-0.1, -0.05) is 6.92 Å². The number of nitrogens with two attached hydrogens (primary N) is 1. The fourth-order valence-electron chi connectivity index (χ4n) is 2.53. The molecule has 1 aromatic rings. The summed E-state index contributed by atoms with van der Waals surface area (Å²) in [7, 11) is 1.70. The van der Waals surface area contributed by atoms with Crippen molar-refractivity contribution in [1.82, 2.24) is 9.88 Å². The molecule has 5 nitrogen and oxygen atoms in total. The second-order valence-electron chi connectivity index (χ2n) is 5.28. The lowest BCUT2D eigenvalue weighted by atomic mass is 10.2. The molecule has 0 saturated carbocycles. The summed E-state index contributed by atoms with van der Waals surface area (Å²) >= 11 is 1.71. The highest BCUT2D eigenvalue weighted by Gasteiger charge is 2.23. The van der Waals surface area contributed by atoms with Crippen LogP contribution in [0.15, 0.2) is 0 Å². The van der Waals surface area contributed by atoms with E-state index in [1.54, 1.807) is 18.4 Å². The Hall–Kier alpha value is -0.690. The first kappa shape index (κ1) is 15.7. The van der Waals surface area contributed by atoms with E-state index in [2.05, 4.69) is 23.6 Å². The summed E-state index contributed by atoms with van der Waals surface area (Å²) in [6, 6.07) is 0.678. The molecule has 20 heavy (non-hydrogen) atoms. The molecule has 0 radical (unpaired) electrons. The van der Waals surface area contributed by atoms with Crippen LogP contribution in [0.3, 0.4) is 0 Å². The molecule has 0 aliphatic carbocycles.